The quantitative estimate of drug-likeness (QED) is 0.0479. The summed E-state index contributed by atoms with van der Waals surface area (Å²) in [6.07, 6.45) is 5.23. The molecule has 19 nitrogen and oxygen atoms in total. The van der Waals surface area contributed by atoms with E-state index in [1.165, 1.54) is 33.3 Å². The van der Waals surface area contributed by atoms with Gasteiger partial charge in [0.2, 0.25) is 11.8 Å². The van der Waals surface area contributed by atoms with Crippen molar-refractivity contribution in [1.82, 2.24) is 25.3 Å². The number of fused-ring (bicyclic) bond motifs is 5. The van der Waals surface area contributed by atoms with Crippen LogP contribution in [0.1, 0.15) is 84.1 Å². The number of rotatable bonds is 27. The Morgan fingerprint density at radius 1 is 0.718 bits per heavy atom. The molecule has 1 aromatic rings. The van der Waals surface area contributed by atoms with Crippen molar-refractivity contribution in [2.45, 2.75) is 110 Å². The third-order valence-corrected chi connectivity index (χ3v) is 17.0. The van der Waals surface area contributed by atoms with Crippen LogP contribution in [0.15, 0.2) is 30.3 Å². The number of nitrogens with zero attached hydrogens (tertiary/aromatic N) is 3. The molecule has 0 radical (unpaired) electrons. The minimum atomic E-state index is -1.01. The first-order chi connectivity index (χ1) is 33.9. The van der Waals surface area contributed by atoms with Crippen LogP contribution in [0.4, 0.5) is 0 Å². The second kappa shape index (κ2) is 27.2. The lowest BCUT2D eigenvalue weighted by Gasteiger charge is -2.63. The molecule has 2 amide bonds. The Hall–Kier alpha value is -4.24. The molecule has 0 spiro atoms. The van der Waals surface area contributed by atoms with E-state index >= 15 is 0 Å². The highest BCUT2D eigenvalue weighted by Crippen LogP contribution is 2.68. The molecule has 0 aliphatic heterocycles. The number of amides is 2. The van der Waals surface area contributed by atoms with E-state index in [9.17, 15) is 44.1 Å². The van der Waals surface area contributed by atoms with Crippen LogP contribution < -0.4 is 10.6 Å². The molecule has 12 atom stereocenters. The summed E-state index contributed by atoms with van der Waals surface area (Å²) >= 11 is 0. The predicted molar refractivity (Wildman–Crippen MR) is 261 cm³/mol. The molecule has 0 heterocycles. The third-order valence-electron chi connectivity index (χ3n) is 17.0. The number of esters is 4. The van der Waals surface area contributed by atoms with E-state index in [1.807, 2.05) is 30.3 Å². The van der Waals surface area contributed by atoms with Crippen molar-refractivity contribution in [3.8, 4) is 0 Å². The van der Waals surface area contributed by atoms with Crippen LogP contribution in [0.25, 0.3) is 0 Å². The Morgan fingerprint density at radius 3 is 1.96 bits per heavy atom. The van der Waals surface area contributed by atoms with Gasteiger partial charge in [-0.25, -0.2) is 0 Å². The normalized spacial score (nSPS) is 28.7. The number of carbonyl (C=O) groups excluding carboxylic acids is 6. The average Bonchev–Trinajstić information content (AvgIpc) is 3.72. The summed E-state index contributed by atoms with van der Waals surface area (Å²) in [7, 11) is 4.96. The van der Waals surface area contributed by atoms with Crippen molar-refractivity contribution in [1.29, 1.82) is 0 Å². The Balaban J connectivity index is 1.18. The highest BCUT2D eigenvalue weighted by atomic mass is 16.5. The van der Waals surface area contributed by atoms with Gasteiger partial charge in [-0.1, -0.05) is 51.1 Å². The van der Waals surface area contributed by atoms with Gasteiger partial charge in [0.15, 0.2) is 0 Å². The van der Waals surface area contributed by atoms with E-state index in [0.717, 1.165) is 37.7 Å². The van der Waals surface area contributed by atoms with E-state index in [1.54, 1.807) is 9.80 Å². The number of carbonyl (C=O) groups is 6. The minimum Gasteiger partial charge on any atom is -0.468 e. The fourth-order valence-electron chi connectivity index (χ4n) is 12.8. The zero-order chi connectivity index (χ0) is 51.9. The zero-order valence-corrected chi connectivity index (χ0v) is 43.2. The van der Waals surface area contributed by atoms with E-state index in [-0.39, 0.29) is 143 Å². The van der Waals surface area contributed by atoms with Gasteiger partial charge < -0.3 is 49.6 Å². The van der Waals surface area contributed by atoms with E-state index in [0.29, 0.717) is 19.3 Å². The third kappa shape index (κ3) is 15.2. The maximum absolute atomic E-state index is 14.1. The van der Waals surface area contributed by atoms with Gasteiger partial charge in [-0.15, -0.1) is 0 Å². The molecule has 71 heavy (non-hydrogen) atoms. The van der Waals surface area contributed by atoms with Gasteiger partial charge in [0.05, 0.1) is 86.1 Å². The van der Waals surface area contributed by atoms with Crippen LogP contribution in [-0.4, -0.2) is 191 Å². The molecule has 19 heteroatoms. The molecule has 400 valence electrons. The summed E-state index contributed by atoms with van der Waals surface area (Å²) in [5.74, 6) is -1.82. The van der Waals surface area contributed by atoms with Crippen molar-refractivity contribution in [2.24, 2.45) is 46.3 Å². The van der Waals surface area contributed by atoms with Gasteiger partial charge in [-0.3, -0.25) is 43.5 Å². The first-order valence-corrected chi connectivity index (χ1v) is 25.5. The molecule has 5 rings (SSSR count). The van der Waals surface area contributed by atoms with Gasteiger partial charge in [0, 0.05) is 45.7 Å². The lowest BCUT2D eigenvalue weighted by molar-refractivity contribution is -0.207. The monoisotopic (exact) mass is 1000 g/mol. The fourth-order valence-corrected chi connectivity index (χ4v) is 12.8. The largest absolute Gasteiger partial charge is 0.468 e. The molecule has 4 aliphatic rings. The van der Waals surface area contributed by atoms with Gasteiger partial charge in [0.1, 0.15) is 6.04 Å². The zero-order valence-electron chi connectivity index (χ0n) is 43.2. The van der Waals surface area contributed by atoms with Crippen LogP contribution in [-0.2, 0) is 59.1 Å². The molecule has 4 fully saturated rings. The first kappa shape index (κ1) is 57.7. The highest BCUT2D eigenvalue weighted by Gasteiger charge is 2.65. The van der Waals surface area contributed by atoms with Crippen LogP contribution in [0.5, 0.6) is 0 Å². The fraction of sp³-hybridized carbons (Fsp3) is 0.769. The molecular weight excluding hydrogens is 919 g/mol. The van der Waals surface area contributed by atoms with Crippen LogP contribution in [0.2, 0.25) is 0 Å². The molecule has 0 saturated heterocycles. The summed E-state index contributed by atoms with van der Waals surface area (Å²) in [5.41, 5.74) is 0.495. The topological polar surface area (TPSA) is 243 Å². The standard InChI is InChI=1S/C52H83N5O14/c1-34(38-14-15-39-49-40(27-43(60)52(38,39)3)51(2)18-17-37(58)25-36(51)26-42(49)59)13-16-44(61)53-19-20-54-50(66)41(33-71-32-35-11-9-8-10-12-35)57(31-48(65)70-7)24-23-55(28-45(62)67-4)21-22-56(29-46(63)68-5)30-47(64)69-6/h8-12,34,36-43,49,58-60H,13-33H2,1-7H3,(H,53,61)(H,54,66)/t34-,36+,37-,38-,39+,40+,41?,42-,43+,49+,51+,52-/m1/s1. The minimum absolute atomic E-state index is 0.00493. The van der Waals surface area contributed by atoms with Crippen molar-refractivity contribution < 1.29 is 67.8 Å². The molecule has 5 N–H and O–H groups in total. The molecule has 0 aromatic heterocycles. The van der Waals surface area contributed by atoms with Crippen molar-refractivity contribution in [2.75, 3.05) is 100 Å². The van der Waals surface area contributed by atoms with Gasteiger partial charge in [-0.05, 0) is 103 Å². The van der Waals surface area contributed by atoms with Gasteiger partial charge in [0.25, 0.3) is 0 Å². The number of hydrogen-bond donors (Lipinski definition) is 5. The van der Waals surface area contributed by atoms with Crippen LogP contribution in [0, 0.1) is 46.3 Å². The average molecular weight is 1000 g/mol. The van der Waals surface area contributed by atoms with E-state index in [4.69, 9.17) is 23.7 Å². The van der Waals surface area contributed by atoms with Crippen LogP contribution in [0.3, 0.4) is 0 Å². The lowest BCUT2D eigenvalue weighted by Crippen LogP contribution is -2.62. The lowest BCUT2D eigenvalue weighted by atomic mass is 9.43. The number of methoxy groups -OCH3 is 4. The summed E-state index contributed by atoms with van der Waals surface area (Å²) in [6, 6.07) is 8.38. The maximum Gasteiger partial charge on any atom is 0.319 e. The number of ether oxygens (including phenoxy) is 5. The number of nitrogens with one attached hydrogen (secondary N) is 2. The Labute approximate surface area is 419 Å². The number of aliphatic hydroxyl groups excluding tert-OH is 3. The Morgan fingerprint density at radius 2 is 1.31 bits per heavy atom. The summed E-state index contributed by atoms with van der Waals surface area (Å²) < 4.78 is 25.6. The number of aliphatic hydroxyl groups is 3. The summed E-state index contributed by atoms with van der Waals surface area (Å²) in [5, 5.41) is 40.0. The van der Waals surface area contributed by atoms with E-state index in [2.05, 4.69) is 31.4 Å². The first-order valence-electron chi connectivity index (χ1n) is 25.5. The van der Waals surface area contributed by atoms with Crippen molar-refractivity contribution in [3.05, 3.63) is 35.9 Å². The highest BCUT2D eigenvalue weighted by molar-refractivity contribution is 5.83. The smallest absolute Gasteiger partial charge is 0.319 e. The Kier molecular flexibility index (Phi) is 22.1. The van der Waals surface area contributed by atoms with E-state index < -0.39 is 48.0 Å². The molecule has 4 saturated carbocycles. The molecule has 1 aromatic carbocycles. The molecule has 4 aliphatic carbocycles. The number of hydrogen-bond acceptors (Lipinski definition) is 17. The second-order valence-corrected chi connectivity index (χ2v) is 21.0. The predicted octanol–water partition coefficient (Wildman–Crippen LogP) is 1.78. The maximum atomic E-state index is 14.1. The SMILES string of the molecule is COC(=O)CN(CCN(CC(=O)OC)CC(=O)OC)CCN(CC(=O)OC)C(COCc1ccccc1)C(=O)NCCNC(=O)CC[C@@H](C)[C@H]1CC[C@H]2[C@@H]3[C@H](O)C[C@@H]4C[C@H](O)CC[C@]4(C)[C@H]3C[C@H](O)[C@]12C. The molecular formula is C52H83N5O14. The van der Waals surface area contributed by atoms with Gasteiger partial charge >= 0.3 is 23.9 Å². The van der Waals surface area contributed by atoms with Crippen molar-refractivity contribution >= 4 is 35.7 Å². The second-order valence-electron chi connectivity index (χ2n) is 21.0. The summed E-state index contributed by atoms with van der Waals surface area (Å²) in [4.78, 5) is 82.0. The summed E-state index contributed by atoms with van der Waals surface area (Å²) in [6.45, 7) is 6.66. The molecule has 1 unspecified atom stereocenters. The molecule has 0 bridgehead atoms. The van der Waals surface area contributed by atoms with Gasteiger partial charge in [-0.2, -0.15) is 0 Å². The van der Waals surface area contributed by atoms with Crippen LogP contribution >= 0.6 is 0 Å². The number of benzene rings is 1. The van der Waals surface area contributed by atoms with Crippen molar-refractivity contribution in [3.63, 3.8) is 0 Å². The Bertz CT molecular complexity index is 1890.